The summed E-state index contributed by atoms with van der Waals surface area (Å²) in [4.78, 5) is 0. The van der Waals surface area contributed by atoms with Crippen LogP contribution in [0.4, 0.5) is 0 Å². The summed E-state index contributed by atoms with van der Waals surface area (Å²) in [5.41, 5.74) is 3.98. The molecule has 2 heterocycles. The van der Waals surface area contributed by atoms with Crippen LogP contribution in [0, 0.1) is 18.6 Å². The fraction of sp³-hybridized carbons (Fsp3) is 0.250. The zero-order valence-electron chi connectivity index (χ0n) is 14.0. The van der Waals surface area contributed by atoms with Crippen LogP contribution in [0.1, 0.15) is 22.5 Å². The fourth-order valence-electron chi connectivity index (χ4n) is 2.45. The molecule has 0 spiro atoms. The smallest absolute Gasteiger partial charge is 0.216 e. The number of hydrogen-bond acceptors (Lipinski definition) is 5. The van der Waals surface area contributed by atoms with Crippen molar-refractivity contribution in [2.75, 3.05) is 7.11 Å². The minimum atomic E-state index is 0.442. The number of aryl methyl sites for hydroxylation is 1. The van der Waals surface area contributed by atoms with Crippen molar-refractivity contribution < 1.29 is 4.74 Å². The maximum absolute atomic E-state index is 5.48. The molecule has 130 valence electrons. The Balaban J connectivity index is 1.92. The summed E-state index contributed by atoms with van der Waals surface area (Å²) in [5, 5.41) is 15.4. The Morgan fingerprint density at radius 1 is 1.40 bits per heavy atom. The lowest BCUT2D eigenvalue weighted by Gasteiger charge is -2.11. The lowest BCUT2D eigenvalue weighted by Crippen LogP contribution is -2.06. The van der Waals surface area contributed by atoms with Crippen LogP contribution in [0.15, 0.2) is 34.1 Å². The Kier molecular flexibility index (Phi) is 5.14. The number of methoxy groups -OCH3 is 1. The van der Waals surface area contributed by atoms with Gasteiger partial charge in [-0.1, -0.05) is 0 Å². The zero-order chi connectivity index (χ0) is 18.0. The van der Waals surface area contributed by atoms with Gasteiger partial charge in [0.1, 0.15) is 12.1 Å². The van der Waals surface area contributed by atoms with Crippen molar-refractivity contribution in [1.29, 1.82) is 0 Å². The molecular weight excluding hydrogens is 404 g/mol. The van der Waals surface area contributed by atoms with Crippen LogP contribution >= 0.6 is 28.1 Å². The molecule has 0 atom stereocenters. The summed E-state index contributed by atoms with van der Waals surface area (Å²) in [6.45, 7) is 4.61. The average molecular weight is 421 g/mol. The van der Waals surface area contributed by atoms with Gasteiger partial charge in [-0.3, -0.25) is 9.78 Å². The van der Waals surface area contributed by atoms with Crippen LogP contribution in [0.5, 0.6) is 5.75 Å². The fourth-order valence-corrected chi connectivity index (χ4v) is 2.88. The second-order valence-corrected chi connectivity index (χ2v) is 6.64. The molecule has 0 aliphatic carbocycles. The van der Waals surface area contributed by atoms with Gasteiger partial charge in [0.2, 0.25) is 4.77 Å². The van der Waals surface area contributed by atoms with E-state index in [1.807, 2.05) is 36.7 Å². The molecule has 0 fully saturated rings. The minimum Gasteiger partial charge on any atom is -0.496 e. The summed E-state index contributed by atoms with van der Waals surface area (Å²) in [6, 6.07) is 5.88. The molecule has 1 aromatic carbocycles. The monoisotopic (exact) mass is 420 g/mol. The van der Waals surface area contributed by atoms with Gasteiger partial charge in [0, 0.05) is 5.56 Å². The molecule has 0 radical (unpaired) electrons. The van der Waals surface area contributed by atoms with E-state index in [1.165, 1.54) is 11.0 Å². The number of ether oxygens (including phenoxy) is 1. The van der Waals surface area contributed by atoms with E-state index in [0.29, 0.717) is 11.3 Å². The lowest BCUT2D eigenvalue weighted by atomic mass is 10.1. The Labute approximate surface area is 158 Å². The molecule has 0 unspecified atom stereocenters. The van der Waals surface area contributed by atoms with Gasteiger partial charge >= 0.3 is 0 Å². The van der Waals surface area contributed by atoms with Crippen molar-refractivity contribution in [3.05, 3.63) is 56.3 Å². The highest BCUT2D eigenvalue weighted by Crippen LogP contribution is 2.24. The number of rotatable bonds is 5. The van der Waals surface area contributed by atoms with Gasteiger partial charge in [0.05, 0.1) is 35.7 Å². The van der Waals surface area contributed by atoms with E-state index in [2.05, 4.69) is 36.3 Å². The summed E-state index contributed by atoms with van der Waals surface area (Å²) in [6.07, 6.45) is 3.25. The van der Waals surface area contributed by atoms with Gasteiger partial charge in [-0.15, -0.1) is 0 Å². The molecule has 7 nitrogen and oxygen atoms in total. The van der Waals surface area contributed by atoms with Crippen molar-refractivity contribution >= 4 is 34.4 Å². The van der Waals surface area contributed by atoms with Crippen LogP contribution < -0.4 is 4.74 Å². The van der Waals surface area contributed by atoms with Crippen LogP contribution in [-0.2, 0) is 6.54 Å². The lowest BCUT2D eigenvalue weighted by molar-refractivity contribution is 0.407. The predicted molar refractivity (Wildman–Crippen MR) is 102 cm³/mol. The molecule has 2 aromatic heterocycles. The van der Waals surface area contributed by atoms with E-state index >= 15 is 0 Å². The number of aromatic nitrogens is 5. The molecule has 0 bridgehead atoms. The molecular formula is C16H17BrN6OS. The Bertz CT molecular complexity index is 987. The standard InChI is InChI=1S/C16H17BrN6OS/c1-10-15(17)11(2)22(21-10)8-13-6-12(4-5-14(13)24-3)7-19-23-9-18-20-16(23)25/h4-7,9H,8H2,1-3H3,(H,20,25). The number of benzene rings is 1. The molecule has 0 aliphatic rings. The van der Waals surface area contributed by atoms with Gasteiger partial charge < -0.3 is 4.74 Å². The Hall–Kier alpha value is -2.26. The first-order chi connectivity index (χ1) is 12.0. The van der Waals surface area contributed by atoms with Gasteiger partial charge in [0.25, 0.3) is 0 Å². The van der Waals surface area contributed by atoms with Crippen molar-refractivity contribution in [3.8, 4) is 5.75 Å². The second-order valence-electron chi connectivity index (χ2n) is 5.46. The summed E-state index contributed by atoms with van der Waals surface area (Å²) < 4.78 is 10.4. The van der Waals surface area contributed by atoms with Crippen molar-refractivity contribution in [1.82, 2.24) is 24.7 Å². The molecule has 3 aromatic rings. The molecule has 25 heavy (non-hydrogen) atoms. The Morgan fingerprint density at radius 2 is 2.20 bits per heavy atom. The molecule has 0 amide bonds. The third-order valence-electron chi connectivity index (χ3n) is 3.78. The molecule has 0 saturated heterocycles. The molecule has 9 heteroatoms. The van der Waals surface area contributed by atoms with Gasteiger partial charge in [-0.2, -0.15) is 20.0 Å². The highest BCUT2D eigenvalue weighted by molar-refractivity contribution is 9.10. The summed E-state index contributed by atoms with van der Waals surface area (Å²) >= 11 is 8.64. The van der Waals surface area contributed by atoms with Crippen molar-refractivity contribution in [3.63, 3.8) is 0 Å². The number of nitrogens with one attached hydrogen (secondary N) is 1. The Morgan fingerprint density at radius 3 is 2.80 bits per heavy atom. The van der Waals surface area contributed by atoms with Gasteiger partial charge in [0.15, 0.2) is 0 Å². The van der Waals surface area contributed by atoms with E-state index in [9.17, 15) is 0 Å². The van der Waals surface area contributed by atoms with E-state index < -0.39 is 0 Å². The SMILES string of the molecule is COc1ccc(C=Nn2cn[nH]c2=S)cc1Cn1nc(C)c(Br)c1C. The third kappa shape index (κ3) is 3.72. The first-order valence-corrected chi connectivity index (χ1v) is 8.72. The average Bonchev–Trinajstić information content (AvgIpc) is 3.12. The van der Waals surface area contributed by atoms with Crippen LogP contribution in [0.25, 0.3) is 0 Å². The number of halogens is 1. The topological polar surface area (TPSA) is 73.0 Å². The normalized spacial score (nSPS) is 11.4. The highest BCUT2D eigenvalue weighted by Gasteiger charge is 2.11. The summed E-state index contributed by atoms with van der Waals surface area (Å²) in [5.74, 6) is 0.806. The molecule has 0 aliphatic heterocycles. The second kappa shape index (κ2) is 7.32. The predicted octanol–water partition coefficient (Wildman–Crippen LogP) is 3.46. The first-order valence-electron chi connectivity index (χ1n) is 7.52. The van der Waals surface area contributed by atoms with Crippen molar-refractivity contribution in [2.45, 2.75) is 20.4 Å². The molecule has 3 rings (SSSR count). The number of nitrogens with zero attached hydrogens (tertiary/aromatic N) is 5. The third-order valence-corrected chi connectivity index (χ3v) is 5.21. The number of aromatic amines is 1. The first kappa shape index (κ1) is 17.6. The van der Waals surface area contributed by atoms with Crippen molar-refractivity contribution in [2.24, 2.45) is 5.10 Å². The van der Waals surface area contributed by atoms with E-state index in [-0.39, 0.29) is 0 Å². The van der Waals surface area contributed by atoms with Gasteiger partial charge in [-0.05, 0) is 65.8 Å². The maximum atomic E-state index is 5.48. The van der Waals surface area contributed by atoms with Crippen LogP contribution in [0.2, 0.25) is 0 Å². The highest BCUT2D eigenvalue weighted by atomic mass is 79.9. The molecule has 1 N–H and O–H groups in total. The van der Waals surface area contributed by atoms with E-state index in [4.69, 9.17) is 17.0 Å². The quantitative estimate of drug-likeness (QED) is 0.506. The van der Waals surface area contributed by atoms with Crippen LogP contribution in [0.3, 0.4) is 0 Å². The van der Waals surface area contributed by atoms with Gasteiger partial charge in [-0.25, -0.2) is 0 Å². The molecule has 0 saturated carbocycles. The number of H-pyrrole nitrogens is 1. The van der Waals surface area contributed by atoms with Crippen LogP contribution in [-0.4, -0.2) is 38.0 Å². The van der Waals surface area contributed by atoms with E-state index in [0.717, 1.165) is 32.7 Å². The summed E-state index contributed by atoms with van der Waals surface area (Å²) in [7, 11) is 1.66. The zero-order valence-corrected chi connectivity index (χ0v) is 16.4. The van der Waals surface area contributed by atoms with E-state index in [1.54, 1.807) is 13.3 Å². The largest absolute Gasteiger partial charge is 0.496 e. The maximum Gasteiger partial charge on any atom is 0.216 e. The minimum absolute atomic E-state index is 0.442. The number of hydrogen-bond donors (Lipinski definition) is 1.